The van der Waals surface area contributed by atoms with Gasteiger partial charge in [-0.15, -0.1) is 0 Å². The number of hydrogen-bond donors (Lipinski definition) is 2. The number of aliphatic imine (C=N–C) groups is 1. The fourth-order valence-corrected chi connectivity index (χ4v) is 4.39. The fraction of sp³-hybridized carbons (Fsp3) is 0.944. The molecular weight excluding hydrogens is 288 g/mol. The van der Waals surface area contributed by atoms with Gasteiger partial charge in [0, 0.05) is 19.6 Å². The second kappa shape index (κ2) is 7.84. The Morgan fingerprint density at radius 1 is 1.26 bits per heavy atom. The van der Waals surface area contributed by atoms with Gasteiger partial charge in [-0.2, -0.15) is 0 Å². The lowest BCUT2D eigenvalue weighted by atomic mass is 9.96. The molecule has 3 heterocycles. The lowest BCUT2D eigenvalue weighted by Gasteiger charge is -2.30. The smallest absolute Gasteiger partial charge is 0.191 e. The lowest BCUT2D eigenvalue weighted by Crippen LogP contribution is -2.51. The van der Waals surface area contributed by atoms with Gasteiger partial charge in [-0.25, -0.2) is 0 Å². The first-order valence-electron chi connectivity index (χ1n) is 9.52. The molecule has 0 spiro atoms. The predicted molar refractivity (Wildman–Crippen MR) is 94.8 cm³/mol. The third-order valence-corrected chi connectivity index (χ3v) is 5.56. The van der Waals surface area contributed by atoms with Crippen molar-refractivity contribution in [3.8, 4) is 0 Å². The summed E-state index contributed by atoms with van der Waals surface area (Å²) in [5.74, 6) is 1.68. The van der Waals surface area contributed by atoms with Crippen LogP contribution in [0.15, 0.2) is 4.99 Å². The van der Waals surface area contributed by atoms with Crippen LogP contribution in [0, 0.1) is 5.92 Å². The minimum Gasteiger partial charge on any atom is -0.373 e. The molecule has 2 N–H and O–H groups in total. The van der Waals surface area contributed by atoms with Crippen molar-refractivity contribution in [2.75, 3.05) is 26.7 Å². The van der Waals surface area contributed by atoms with Gasteiger partial charge >= 0.3 is 0 Å². The average Bonchev–Trinajstić information content (AvgIpc) is 3.26. The topological polar surface area (TPSA) is 48.9 Å². The van der Waals surface area contributed by atoms with Crippen molar-refractivity contribution in [2.45, 2.75) is 76.7 Å². The molecule has 5 heteroatoms. The summed E-state index contributed by atoms with van der Waals surface area (Å²) in [5, 5.41) is 7.17. The second-order valence-electron chi connectivity index (χ2n) is 7.84. The first-order chi connectivity index (χ1) is 11.2. The zero-order valence-corrected chi connectivity index (χ0v) is 15.1. The Morgan fingerprint density at radius 2 is 2.04 bits per heavy atom. The van der Waals surface area contributed by atoms with E-state index in [-0.39, 0.29) is 0 Å². The van der Waals surface area contributed by atoms with Crippen LogP contribution in [-0.2, 0) is 4.74 Å². The van der Waals surface area contributed by atoms with Gasteiger partial charge in [-0.1, -0.05) is 13.8 Å². The van der Waals surface area contributed by atoms with E-state index in [9.17, 15) is 0 Å². The molecule has 0 aromatic rings. The van der Waals surface area contributed by atoms with Gasteiger partial charge in [0.15, 0.2) is 5.96 Å². The minimum absolute atomic E-state index is 0.392. The molecule has 23 heavy (non-hydrogen) atoms. The maximum atomic E-state index is 5.94. The summed E-state index contributed by atoms with van der Waals surface area (Å²) in [6.07, 6.45) is 8.39. The molecule has 3 fully saturated rings. The van der Waals surface area contributed by atoms with E-state index in [4.69, 9.17) is 4.74 Å². The lowest BCUT2D eigenvalue weighted by molar-refractivity contribution is 0.0992. The zero-order valence-electron chi connectivity index (χ0n) is 15.1. The predicted octanol–water partition coefficient (Wildman–Crippen LogP) is 1.98. The molecule has 3 aliphatic rings. The fourth-order valence-electron chi connectivity index (χ4n) is 4.39. The molecule has 0 aromatic heterocycles. The van der Waals surface area contributed by atoms with E-state index in [0.717, 1.165) is 24.8 Å². The summed E-state index contributed by atoms with van der Waals surface area (Å²) in [6.45, 7) is 8.14. The van der Waals surface area contributed by atoms with Crippen LogP contribution in [0.3, 0.4) is 0 Å². The van der Waals surface area contributed by atoms with E-state index in [2.05, 4.69) is 34.4 Å². The molecule has 4 unspecified atom stereocenters. The molecule has 3 rings (SSSR count). The van der Waals surface area contributed by atoms with Crippen molar-refractivity contribution in [1.29, 1.82) is 0 Å². The molecule has 5 nitrogen and oxygen atoms in total. The highest BCUT2D eigenvalue weighted by Gasteiger charge is 2.41. The normalized spacial score (nSPS) is 32.7. The highest BCUT2D eigenvalue weighted by Crippen LogP contribution is 2.34. The number of nitrogens with zero attached hydrogens (tertiary/aromatic N) is 2. The third-order valence-electron chi connectivity index (χ3n) is 5.56. The van der Waals surface area contributed by atoms with Crippen molar-refractivity contribution in [1.82, 2.24) is 15.5 Å². The Balaban J connectivity index is 1.49. The summed E-state index contributed by atoms with van der Waals surface area (Å²) < 4.78 is 5.94. The summed E-state index contributed by atoms with van der Waals surface area (Å²) in [5.41, 5.74) is 0. The summed E-state index contributed by atoms with van der Waals surface area (Å²) in [7, 11) is 1.87. The largest absolute Gasteiger partial charge is 0.373 e. The van der Waals surface area contributed by atoms with Crippen LogP contribution in [0.2, 0.25) is 0 Å². The van der Waals surface area contributed by atoms with Gasteiger partial charge in [-0.05, 0) is 57.5 Å². The molecule has 0 aliphatic carbocycles. The zero-order chi connectivity index (χ0) is 16.2. The summed E-state index contributed by atoms with van der Waals surface area (Å²) in [6, 6.07) is 1.06. The SMILES string of the molecule is CN=C(NCC(CC(C)C)N1CCCC1)NC1CC2CCC1O2. The van der Waals surface area contributed by atoms with Crippen LogP contribution >= 0.6 is 0 Å². The number of hydrogen-bond acceptors (Lipinski definition) is 3. The van der Waals surface area contributed by atoms with Crippen molar-refractivity contribution < 1.29 is 4.74 Å². The van der Waals surface area contributed by atoms with Gasteiger partial charge in [0.25, 0.3) is 0 Å². The molecule has 0 radical (unpaired) electrons. The van der Waals surface area contributed by atoms with Crippen molar-refractivity contribution in [3.05, 3.63) is 0 Å². The van der Waals surface area contributed by atoms with Crippen LogP contribution in [0.25, 0.3) is 0 Å². The van der Waals surface area contributed by atoms with Crippen molar-refractivity contribution in [2.24, 2.45) is 10.9 Å². The van der Waals surface area contributed by atoms with Gasteiger partial charge in [0.1, 0.15) is 0 Å². The maximum Gasteiger partial charge on any atom is 0.191 e. The summed E-state index contributed by atoms with van der Waals surface area (Å²) >= 11 is 0. The number of rotatable bonds is 6. The molecule has 132 valence electrons. The Kier molecular flexibility index (Phi) is 5.81. The van der Waals surface area contributed by atoms with E-state index in [0.29, 0.717) is 24.3 Å². The quantitative estimate of drug-likeness (QED) is 0.580. The highest BCUT2D eigenvalue weighted by atomic mass is 16.5. The average molecular weight is 322 g/mol. The standard InChI is InChI=1S/C18H34N4O/c1-13(2)10-14(22-8-4-5-9-22)12-20-18(19-3)21-16-11-15-6-7-17(16)23-15/h13-17H,4-12H2,1-3H3,(H2,19,20,21). The third kappa shape index (κ3) is 4.38. The molecule has 0 saturated carbocycles. The first-order valence-corrected chi connectivity index (χ1v) is 9.52. The van der Waals surface area contributed by atoms with Gasteiger partial charge in [-0.3, -0.25) is 9.89 Å². The molecule has 3 aliphatic heterocycles. The monoisotopic (exact) mass is 322 g/mol. The molecule has 0 amide bonds. The van der Waals surface area contributed by atoms with Crippen LogP contribution < -0.4 is 10.6 Å². The Labute approximate surface area is 141 Å². The number of fused-ring (bicyclic) bond motifs is 2. The van der Waals surface area contributed by atoms with Crippen LogP contribution in [0.5, 0.6) is 0 Å². The molecule has 0 aromatic carbocycles. The first kappa shape index (κ1) is 17.0. The van der Waals surface area contributed by atoms with Crippen LogP contribution in [0.4, 0.5) is 0 Å². The molecule has 4 atom stereocenters. The molecular formula is C18H34N4O. The maximum absolute atomic E-state index is 5.94. The Morgan fingerprint density at radius 3 is 2.61 bits per heavy atom. The van der Waals surface area contributed by atoms with E-state index >= 15 is 0 Å². The second-order valence-corrected chi connectivity index (χ2v) is 7.84. The van der Waals surface area contributed by atoms with E-state index in [1.165, 1.54) is 45.2 Å². The number of nitrogens with one attached hydrogen (secondary N) is 2. The Bertz CT molecular complexity index is 406. The van der Waals surface area contributed by atoms with Gasteiger partial charge in [0.05, 0.1) is 18.2 Å². The number of ether oxygens (including phenoxy) is 1. The van der Waals surface area contributed by atoms with E-state index in [1.54, 1.807) is 0 Å². The van der Waals surface area contributed by atoms with E-state index in [1.807, 2.05) is 7.05 Å². The van der Waals surface area contributed by atoms with Gasteiger partial charge < -0.3 is 15.4 Å². The molecule has 3 saturated heterocycles. The van der Waals surface area contributed by atoms with E-state index < -0.39 is 0 Å². The minimum atomic E-state index is 0.392. The van der Waals surface area contributed by atoms with Crippen molar-refractivity contribution in [3.63, 3.8) is 0 Å². The molecule has 2 bridgehead atoms. The van der Waals surface area contributed by atoms with Crippen LogP contribution in [-0.4, -0.2) is 61.8 Å². The highest BCUT2D eigenvalue weighted by molar-refractivity contribution is 5.80. The van der Waals surface area contributed by atoms with Gasteiger partial charge in [0.2, 0.25) is 0 Å². The number of guanidine groups is 1. The summed E-state index contributed by atoms with van der Waals surface area (Å²) in [4.78, 5) is 7.09. The Hall–Kier alpha value is -0.810. The van der Waals surface area contributed by atoms with Crippen LogP contribution in [0.1, 0.15) is 52.4 Å². The number of likely N-dealkylation sites (tertiary alicyclic amines) is 1. The van der Waals surface area contributed by atoms with Crippen molar-refractivity contribution >= 4 is 5.96 Å².